The molecule has 6 nitrogen and oxygen atoms in total. The molecule has 1 aromatic carbocycles. The highest BCUT2D eigenvalue weighted by Gasteiger charge is 2.50. The minimum absolute atomic E-state index is 0.0319. The molecule has 0 unspecified atom stereocenters. The van der Waals surface area contributed by atoms with E-state index in [1.165, 1.54) is 11.3 Å². The van der Waals surface area contributed by atoms with Crippen LogP contribution in [0.5, 0.6) is 5.75 Å². The number of nitrogens with zero attached hydrogens (tertiary/aromatic N) is 2. The molecule has 0 spiro atoms. The number of sulfone groups is 1. The fourth-order valence-corrected chi connectivity index (χ4v) is 6.38. The van der Waals surface area contributed by atoms with E-state index in [0.717, 1.165) is 17.0 Å². The van der Waals surface area contributed by atoms with Crippen LogP contribution < -0.4 is 9.64 Å². The molecule has 0 saturated carbocycles. The number of carbonyl (C=O) groups excluding carboxylic acids is 1. The van der Waals surface area contributed by atoms with Crippen molar-refractivity contribution >= 4 is 32.2 Å². The minimum atomic E-state index is -3.05. The maximum Gasteiger partial charge on any atom is 0.229 e. The van der Waals surface area contributed by atoms with E-state index in [4.69, 9.17) is 4.74 Å². The quantitative estimate of drug-likeness (QED) is 0.832. The third-order valence-electron chi connectivity index (χ3n) is 4.56. The summed E-state index contributed by atoms with van der Waals surface area (Å²) in [6.07, 6.45) is 0.293. The Hall–Kier alpha value is -1.93. The van der Waals surface area contributed by atoms with E-state index in [1.807, 2.05) is 29.6 Å². The van der Waals surface area contributed by atoms with Crippen molar-refractivity contribution in [1.82, 2.24) is 4.98 Å². The van der Waals surface area contributed by atoms with Crippen LogP contribution in [-0.2, 0) is 14.6 Å². The first-order chi connectivity index (χ1) is 11.5. The maximum absolute atomic E-state index is 12.3. The molecule has 2 saturated heterocycles. The molecule has 0 aliphatic carbocycles. The average molecular weight is 364 g/mol. The molecule has 24 heavy (non-hydrogen) atoms. The molecule has 2 fully saturated rings. The molecule has 1 amide bonds. The minimum Gasteiger partial charge on any atom is -0.497 e. The molecule has 0 N–H and O–H groups in total. The molecule has 3 heterocycles. The van der Waals surface area contributed by atoms with Crippen LogP contribution in [0.15, 0.2) is 29.6 Å². The number of hydrogen-bond donors (Lipinski definition) is 0. The van der Waals surface area contributed by atoms with Gasteiger partial charge >= 0.3 is 0 Å². The average Bonchev–Trinajstić information content (AvgIpc) is 3.19. The van der Waals surface area contributed by atoms with Crippen LogP contribution in [-0.4, -0.2) is 44.0 Å². The molecule has 2 aromatic rings. The summed E-state index contributed by atoms with van der Waals surface area (Å²) >= 11 is 1.37. The van der Waals surface area contributed by atoms with Crippen LogP contribution in [0.3, 0.4) is 0 Å². The number of rotatable bonds is 3. The van der Waals surface area contributed by atoms with Crippen LogP contribution in [0.2, 0.25) is 0 Å². The summed E-state index contributed by atoms with van der Waals surface area (Å²) in [7, 11) is -1.44. The van der Waals surface area contributed by atoms with E-state index in [1.54, 1.807) is 12.0 Å². The number of benzene rings is 1. The van der Waals surface area contributed by atoms with Gasteiger partial charge in [-0.2, -0.15) is 0 Å². The predicted octanol–water partition coefficient (Wildman–Crippen LogP) is 1.97. The summed E-state index contributed by atoms with van der Waals surface area (Å²) in [5, 5.41) is 2.47. The normalized spacial score (nSPS) is 25.0. The largest absolute Gasteiger partial charge is 0.497 e. The van der Waals surface area contributed by atoms with Crippen LogP contribution >= 0.6 is 11.3 Å². The molecule has 8 heteroatoms. The van der Waals surface area contributed by atoms with Crippen molar-refractivity contribution < 1.29 is 17.9 Å². The summed E-state index contributed by atoms with van der Waals surface area (Å²) in [5.41, 5.74) is 1.70. The number of amides is 1. The molecule has 2 aliphatic rings. The number of fused-ring (bicyclic) bond motifs is 1. The number of ether oxygens (including phenoxy) is 1. The van der Waals surface area contributed by atoms with E-state index >= 15 is 0 Å². The van der Waals surface area contributed by atoms with Crippen molar-refractivity contribution in [3.63, 3.8) is 0 Å². The van der Waals surface area contributed by atoms with Gasteiger partial charge in [-0.3, -0.25) is 9.69 Å². The van der Waals surface area contributed by atoms with Crippen molar-refractivity contribution in [2.45, 2.75) is 12.5 Å². The fraction of sp³-hybridized carbons (Fsp3) is 0.375. The SMILES string of the molecule is COc1ccc(-c2csc(N3C(=O)C[C@H]4CS(=O)(=O)C[C@H]43)n2)cc1. The third kappa shape index (κ3) is 2.59. The molecular weight excluding hydrogens is 348 g/mol. The second-order valence-corrected chi connectivity index (χ2v) is 9.11. The standard InChI is InChI=1S/C16H16N2O4S2/c1-22-12-4-2-10(3-5-12)13-7-23-16(17-13)18-14-9-24(20,21)8-11(14)6-15(18)19/h2-5,7,11,14H,6,8-9H2,1H3/t11-,14+/m0/s1. The number of methoxy groups -OCH3 is 1. The third-order valence-corrected chi connectivity index (χ3v) is 7.18. The van der Waals surface area contributed by atoms with Crippen LogP contribution in [0.4, 0.5) is 5.13 Å². The highest BCUT2D eigenvalue weighted by Crippen LogP contribution is 2.39. The summed E-state index contributed by atoms with van der Waals surface area (Å²) in [5.74, 6) is 0.784. The Bertz CT molecular complexity index is 889. The van der Waals surface area contributed by atoms with Gasteiger partial charge in [-0.1, -0.05) is 0 Å². The predicted molar refractivity (Wildman–Crippen MR) is 92.1 cm³/mol. The van der Waals surface area contributed by atoms with Crippen molar-refractivity contribution in [2.24, 2.45) is 5.92 Å². The Labute approximate surface area is 144 Å². The topological polar surface area (TPSA) is 76.6 Å². The zero-order valence-electron chi connectivity index (χ0n) is 13.0. The number of carbonyl (C=O) groups is 1. The zero-order valence-corrected chi connectivity index (χ0v) is 14.6. The van der Waals surface area contributed by atoms with Gasteiger partial charge in [0.05, 0.1) is 30.4 Å². The lowest BCUT2D eigenvalue weighted by Gasteiger charge is -2.19. The molecule has 126 valence electrons. The van der Waals surface area contributed by atoms with Crippen LogP contribution in [0, 0.1) is 5.92 Å². The Morgan fingerprint density at radius 2 is 2.00 bits per heavy atom. The van der Waals surface area contributed by atoms with Crippen LogP contribution in [0.25, 0.3) is 11.3 Å². The number of hydrogen-bond acceptors (Lipinski definition) is 6. The van der Waals surface area contributed by atoms with E-state index in [9.17, 15) is 13.2 Å². The van der Waals surface area contributed by atoms with Gasteiger partial charge in [-0.05, 0) is 24.3 Å². The fourth-order valence-electron chi connectivity index (χ4n) is 3.41. The van der Waals surface area contributed by atoms with Crippen molar-refractivity contribution in [3.05, 3.63) is 29.6 Å². The van der Waals surface area contributed by atoms with Gasteiger partial charge in [0, 0.05) is 23.3 Å². The number of aromatic nitrogens is 1. The monoisotopic (exact) mass is 364 g/mol. The summed E-state index contributed by atoms with van der Waals surface area (Å²) in [6.45, 7) is 0. The van der Waals surface area contributed by atoms with Gasteiger partial charge in [0.25, 0.3) is 0 Å². The highest BCUT2D eigenvalue weighted by molar-refractivity contribution is 7.91. The Morgan fingerprint density at radius 1 is 1.25 bits per heavy atom. The van der Waals surface area contributed by atoms with Gasteiger partial charge in [0.2, 0.25) is 5.91 Å². The van der Waals surface area contributed by atoms with Gasteiger partial charge in [-0.25, -0.2) is 13.4 Å². The van der Waals surface area contributed by atoms with Crippen molar-refractivity contribution in [2.75, 3.05) is 23.5 Å². The van der Waals surface area contributed by atoms with E-state index < -0.39 is 9.84 Å². The summed E-state index contributed by atoms with van der Waals surface area (Å²) in [6, 6.07) is 7.26. The van der Waals surface area contributed by atoms with Crippen molar-refractivity contribution in [1.29, 1.82) is 0 Å². The molecular formula is C16H16N2O4S2. The first-order valence-electron chi connectivity index (χ1n) is 7.59. The summed E-state index contributed by atoms with van der Waals surface area (Å²) in [4.78, 5) is 18.5. The molecule has 0 radical (unpaired) electrons. The van der Waals surface area contributed by atoms with Crippen molar-refractivity contribution in [3.8, 4) is 17.0 Å². The highest BCUT2D eigenvalue weighted by atomic mass is 32.2. The van der Waals surface area contributed by atoms with E-state index in [0.29, 0.717) is 11.6 Å². The van der Waals surface area contributed by atoms with E-state index in [-0.39, 0.29) is 29.4 Å². The second kappa shape index (κ2) is 5.56. The Morgan fingerprint density at radius 3 is 2.71 bits per heavy atom. The first-order valence-corrected chi connectivity index (χ1v) is 10.3. The molecule has 2 atom stereocenters. The smallest absolute Gasteiger partial charge is 0.229 e. The van der Waals surface area contributed by atoms with E-state index in [2.05, 4.69) is 4.98 Å². The molecule has 0 bridgehead atoms. The van der Waals surface area contributed by atoms with Gasteiger partial charge in [0.15, 0.2) is 15.0 Å². The molecule has 4 rings (SSSR count). The first kappa shape index (κ1) is 15.6. The zero-order chi connectivity index (χ0) is 16.9. The second-order valence-electron chi connectivity index (χ2n) is 6.12. The van der Waals surface area contributed by atoms with Gasteiger partial charge in [0.1, 0.15) is 5.75 Å². The lowest BCUT2D eigenvalue weighted by atomic mass is 10.1. The van der Waals surface area contributed by atoms with Gasteiger partial charge in [-0.15, -0.1) is 11.3 Å². The lowest BCUT2D eigenvalue weighted by Crippen LogP contribution is -2.36. The van der Waals surface area contributed by atoms with Crippen LogP contribution in [0.1, 0.15) is 6.42 Å². The number of thiazole rings is 1. The lowest BCUT2D eigenvalue weighted by molar-refractivity contribution is -0.117. The molecule has 2 aliphatic heterocycles. The Kier molecular flexibility index (Phi) is 3.61. The number of anilines is 1. The van der Waals surface area contributed by atoms with Gasteiger partial charge < -0.3 is 4.74 Å². The molecule has 1 aromatic heterocycles. The Balaban J connectivity index is 1.63. The summed E-state index contributed by atoms with van der Waals surface area (Å²) < 4.78 is 28.8. The maximum atomic E-state index is 12.3.